The number of carbonyl (C=O) groups excluding carboxylic acids is 1. The molecule has 4 nitrogen and oxygen atoms in total. The lowest BCUT2D eigenvalue weighted by molar-refractivity contribution is 0.0622. The normalized spacial score (nSPS) is 18.4. The van der Waals surface area contributed by atoms with Crippen LogP contribution in [-0.2, 0) is 4.74 Å². The van der Waals surface area contributed by atoms with Crippen molar-refractivity contribution in [3.63, 3.8) is 0 Å². The van der Waals surface area contributed by atoms with Gasteiger partial charge < -0.3 is 14.8 Å². The third kappa shape index (κ3) is 3.99. The third-order valence-electron chi connectivity index (χ3n) is 3.04. The van der Waals surface area contributed by atoms with Crippen LogP contribution >= 0.6 is 11.6 Å². The summed E-state index contributed by atoms with van der Waals surface area (Å²) in [7, 11) is 0. The van der Waals surface area contributed by atoms with Crippen LogP contribution in [0.5, 0.6) is 5.75 Å². The van der Waals surface area contributed by atoms with Crippen molar-refractivity contribution in [3.05, 3.63) is 41.4 Å². The fraction of sp³-hybridized carbons (Fsp3) is 0.400. The van der Waals surface area contributed by atoms with Gasteiger partial charge >= 0.3 is 0 Å². The van der Waals surface area contributed by atoms with Crippen LogP contribution in [0.1, 0.15) is 23.2 Å². The van der Waals surface area contributed by atoms with Crippen LogP contribution in [0.25, 0.3) is 0 Å². The maximum atomic E-state index is 12.3. The molecule has 1 atom stereocenters. The number of hydrogen-bond donors (Lipinski definition) is 1. The molecule has 0 radical (unpaired) electrons. The number of benzene rings is 1. The molecular weight excluding hydrogens is 278 g/mol. The summed E-state index contributed by atoms with van der Waals surface area (Å²) in [4.78, 5) is 12.3. The highest BCUT2D eigenvalue weighted by atomic mass is 35.5. The maximum Gasteiger partial charge on any atom is 0.255 e. The molecule has 0 aromatic heterocycles. The fourth-order valence-electron chi connectivity index (χ4n) is 2.07. The minimum Gasteiger partial charge on any atom is -0.489 e. The molecule has 1 heterocycles. The molecule has 1 aliphatic rings. The first-order chi connectivity index (χ1) is 9.70. The molecule has 1 aromatic carbocycles. The van der Waals surface area contributed by atoms with Crippen LogP contribution in [0.3, 0.4) is 0 Å². The zero-order valence-electron chi connectivity index (χ0n) is 11.2. The second-order valence-electron chi connectivity index (χ2n) is 4.63. The zero-order valence-corrected chi connectivity index (χ0v) is 12.0. The van der Waals surface area contributed by atoms with E-state index in [0.29, 0.717) is 29.5 Å². The average molecular weight is 296 g/mol. The Labute approximate surface area is 123 Å². The number of amides is 1. The molecule has 1 amide bonds. The van der Waals surface area contributed by atoms with Gasteiger partial charge in [0.25, 0.3) is 5.91 Å². The molecule has 0 bridgehead atoms. The highest BCUT2D eigenvalue weighted by Gasteiger charge is 2.19. The van der Waals surface area contributed by atoms with Crippen LogP contribution in [-0.4, -0.2) is 31.8 Å². The van der Waals surface area contributed by atoms with Crippen molar-refractivity contribution >= 4 is 17.5 Å². The van der Waals surface area contributed by atoms with Gasteiger partial charge in [0, 0.05) is 11.6 Å². The number of ether oxygens (including phenoxy) is 2. The van der Waals surface area contributed by atoms with Gasteiger partial charge in [0.05, 0.1) is 18.2 Å². The van der Waals surface area contributed by atoms with Crippen LogP contribution in [0, 0.1) is 0 Å². The first-order valence-electron chi connectivity index (χ1n) is 6.62. The highest BCUT2D eigenvalue weighted by molar-refractivity contribution is 6.31. The summed E-state index contributed by atoms with van der Waals surface area (Å²) >= 11 is 5.96. The van der Waals surface area contributed by atoms with Crippen molar-refractivity contribution in [2.45, 2.75) is 18.9 Å². The summed E-state index contributed by atoms with van der Waals surface area (Å²) in [5, 5.41) is 3.45. The second-order valence-corrected chi connectivity index (χ2v) is 5.06. The van der Waals surface area contributed by atoms with Gasteiger partial charge in [0.1, 0.15) is 12.4 Å². The zero-order chi connectivity index (χ0) is 14.4. The molecule has 0 aliphatic carbocycles. The monoisotopic (exact) mass is 295 g/mol. The SMILES string of the molecule is C=CCOc1ccc(Cl)cc1C(=O)N[C@@H]1CCCOC1. The van der Waals surface area contributed by atoms with Gasteiger partial charge in [-0.25, -0.2) is 0 Å². The van der Waals surface area contributed by atoms with E-state index in [9.17, 15) is 4.79 Å². The summed E-state index contributed by atoms with van der Waals surface area (Å²) in [5.41, 5.74) is 0.435. The van der Waals surface area contributed by atoms with E-state index >= 15 is 0 Å². The Morgan fingerprint density at radius 3 is 3.15 bits per heavy atom. The van der Waals surface area contributed by atoms with Gasteiger partial charge in [-0.15, -0.1) is 0 Å². The molecule has 2 rings (SSSR count). The molecule has 1 fully saturated rings. The summed E-state index contributed by atoms with van der Waals surface area (Å²) in [5.74, 6) is 0.311. The Bertz CT molecular complexity index is 484. The lowest BCUT2D eigenvalue weighted by atomic mass is 10.1. The smallest absolute Gasteiger partial charge is 0.255 e. The number of rotatable bonds is 5. The van der Waals surface area contributed by atoms with Crippen LogP contribution in [0.4, 0.5) is 0 Å². The van der Waals surface area contributed by atoms with E-state index in [0.717, 1.165) is 19.4 Å². The molecule has 0 unspecified atom stereocenters. The van der Waals surface area contributed by atoms with Gasteiger partial charge in [-0.2, -0.15) is 0 Å². The number of halogens is 1. The first-order valence-corrected chi connectivity index (χ1v) is 7.00. The minimum absolute atomic E-state index is 0.0440. The van der Waals surface area contributed by atoms with Crippen LogP contribution in [0.2, 0.25) is 5.02 Å². The molecule has 0 saturated carbocycles. The van der Waals surface area contributed by atoms with Gasteiger partial charge in [0.15, 0.2) is 0 Å². The molecule has 0 spiro atoms. The van der Waals surface area contributed by atoms with Crippen molar-refractivity contribution in [3.8, 4) is 5.75 Å². The Balaban J connectivity index is 2.10. The summed E-state index contributed by atoms with van der Waals surface area (Å²) in [6.07, 6.45) is 3.51. The predicted octanol–water partition coefficient (Wildman–Crippen LogP) is 2.81. The lowest BCUT2D eigenvalue weighted by Crippen LogP contribution is -2.40. The first kappa shape index (κ1) is 14.9. The van der Waals surface area contributed by atoms with Gasteiger partial charge in [0.2, 0.25) is 0 Å². The summed E-state index contributed by atoms with van der Waals surface area (Å²) in [6, 6.07) is 5.04. The molecule has 108 valence electrons. The largest absolute Gasteiger partial charge is 0.489 e. The Morgan fingerprint density at radius 1 is 1.60 bits per heavy atom. The molecule has 5 heteroatoms. The van der Waals surface area contributed by atoms with Crippen molar-refractivity contribution in [1.82, 2.24) is 5.32 Å². The van der Waals surface area contributed by atoms with Gasteiger partial charge in [-0.05, 0) is 31.0 Å². The highest BCUT2D eigenvalue weighted by Crippen LogP contribution is 2.23. The second kappa shape index (κ2) is 7.31. The van der Waals surface area contributed by atoms with E-state index in [1.807, 2.05) is 0 Å². The average Bonchev–Trinajstić information content (AvgIpc) is 2.47. The number of hydrogen-bond acceptors (Lipinski definition) is 3. The summed E-state index contributed by atoms with van der Waals surface area (Å²) in [6.45, 7) is 5.25. The van der Waals surface area contributed by atoms with Gasteiger partial charge in [-0.3, -0.25) is 4.79 Å². The number of nitrogens with one attached hydrogen (secondary N) is 1. The van der Waals surface area contributed by atoms with Crippen LogP contribution < -0.4 is 10.1 Å². The van der Waals surface area contributed by atoms with E-state index in [1.54, 1.807) is 24.3 Å². The minimum atomic E-state index is -0.193. The van der Waals surface area contributed by atoms with E-state index in [2.05, 4.69) is 11.9 Å². The Kier molecular flexibility index (Phi) is 5.44. The fourth-order valence-corrected chi connectivity index (χ4v) is 2.24. The maximum absolute atomic E-state index is 12.3. The molecule has 1 saturated heterocycles. The van der Waals surface area contributed by atoms with E-state index < -0.39 is 0 Å². The molecule has 1 aromatic rings. The standard InChI is InChI=1S/C15H18ClNO3/c1-2-7-20-14-6-5-11(16)9-13(14)15(18)17-12-4-3-8-19-10-12/h2,5-6,9,12H,1,3-4,7-8,10H2,(H,17,18)/t12-/m1/s1. The predicted molar refractivity (Wildman–Crippen MR) is 78.5 cm³/mol. The Morgan fingerprint density at radius 2 is 2.45 bits per heavy atom. The van der Waals surface area contributed by atoms with E-state index in [1.165, 1.54) is 0 Å². The van der Waals surface area contributed by atoms with E-state index in [-0.39, 0.29) is 11.9 Å². The number of carbonyl (C=O) groups is 1. The quantitative estimate of drug-likeness (QED) is 0.850. The van der Waals surface area contributed by atoms with Crippen molar-refractivity contribution in [1.29, 1.82) is 0 Å². The van der Waals surface area contributed by atoms with Crippen molar-refractivity contribution in [2.75, 3.05) is 19.8 Å². The lowest BCUT2D eigenvalue weighted by Gasteiger charge is -2.23. The third-order valence-corrected chi connectivity index (χ3v) is 3.27. The van der Waals surface area contributed by atoms with Crippen molar-refractivity contribution < 1.29 is 14.3 Å². The Hall–Kier alpha value is -1.52. The van der Waals surface area contributed by atoms with Crippen molar-refractivity contribution in [2.24, 2.45) is 0 Å². The van der Waals surface area contributed by atoms with E-state index in [4.69, 9.17) is 21.1 Å². The molecule has 1 aliphatic heterocycles. The van der Waals surface area contributed by atoms with Crippen LogP contribution in [0.15, 0.2) is 30.9 Å². The van der Waals surface area contributed by atoms with Gasteiger partial charge in [-0.1, -0.05) is 24.3 Å². The summed E-state index contributed by atoms with van der Waals surface area (Å²) < 4.78 is 10.8. The molecular formula is C15H18ClNO3. The molecule has 20 heavy (non-hydrogen) atoms. The molecule has 1 N–H and O–H groups in total. The topological polar surface area (TPSA) is 47.6 Å².